The van der Waals surface area contributed by atoms with Crippen LogP contribution >= 0.6 is 0 Å². The first-order valence-electron chi connectivity index (χ1n) is 7.36. The Morgan fingerprint density at radius 3 is 2.85 bits per heavy atom. The lowest BCUT2D eigenvalue weighted by molar-refractivity contribution is 0.340. The lowest BCUT2D eigenvalue weighted by Crippen LogP contribution is -2.37. The van der Waals surface area contributed by atoms with Gasteiger partial charge in [-0.1, -0.05) is 25.3 Å². The van der Waals surface area contributed by atoms with Gasteiger partial charge < -0.3 is 10.1 Å². The van der Waals surface area contributed by atoms with Gasteiger partial charge in [0.1, 0.15) is 5.75 Å². The maximum Gasteiger partial charge on any atom is 0.210 e. The van der Waals surface area contributed by atoms with Crippen LogP contribution in [0.25, 0.3) is 0 Å². The molecule has 0 amide bonds. The van der Waals surface area contributed by atoms with Crippen LogP contribution < -0.4 is 21.3 Å². The van der Waals surface area contributed by atoms with Gasteiger partial charge in [-0.3, -0.25) is 5.43 Å². The van der Waals surface area contributed by atoms with Crippen LogP contribution in [0.2, 0.25) is 0 Å². The van der Waals surface area contributed by atoms with E-state index in [2.05, 4.69) is 15.7 Å². The molecule has 4 N–H and O–H groups in total. The second-order valence-corrected chi connectivity index (χ2v) is 5.00. The predicted molar refractivity (Wildman–Crippen MR) is 82.9 cm³/mol. The van der Waals surface area contributed by atoms with Crippen molar-refractivity contribution in [2.45, 2.75) is 45.1 Å². The summed E-state index contributed by atoms with van der Waals surface area (Å²) in [6.07, 6.45) is 6.12. The second kappa shape index (κ2) is 7.75. The molecule has 1 aliphatic carbocycles. The minimum absolute atomic E-state index is 0.373. The summed E-state index contributed by atoms with van der Waals surface area (Å²) in [6, 6.07) is 8.16. The first kappa shape index (κ1) is 14.7. The van der Waals surface area contributed by atoms with Gasteiger partial charge in [0.05, 0.1) is 12.6 Å². The zero-order valence-corrected chi connectivity index (χ0v) is 12.1. The standard InChI is InChI=1S/C15H24N4O/c1-2-20-14-10-6-9-13(11-14)18-15(19-16)17-12-7-4-3-5-8-12/h6,9-12H,2-5,7-8,16H2,1H3,(H2,17,18,19). The quantitative estimate of drug-likeness (QED) is 0.342. The maximum atomic E-state index is 5.56. The predicted octanol–water partition coefficient (Wildman–Crippen LogP) is 2.65. The Bertz CT molecular complexity index is 441. The molecule has 0 saturated heterocycles. The van der Waals surface area contributed by atoms with Crippen molar-refractivity contribution in [3.63, 3.8) is 0 Å². The van der Waals surface area contributed by atoms with Crippen LogP contribution in [0, 0.1) is 0 Å². The van der Waals surface area contributed by atoms with Crippen LogP contribution in [-0.2, 0) is 0 Å². The highest BCUT2D eigenvalue weighted by Crippen LogP contribution is 2.21. The van der Waals surface area contributed by atoms with E-state index in [1.807, 2.05) is 31.2 Å². The van der Waals surface area contributed by atoms with Gasteiger partial charge in [0, 0.05) is 11.8 Å². The number of ether oxygens (including phenoxy) is 1. The number of benzene rings is 1. The van der Waals surface area contributed by atoms with Gasteiger partial charge >= 0.3 is 0 Å². The van der Waals surface area contributed by atoms with E-state index in [9.17, 15) is 0 Å². The highest BCUT2D eigenvalue weighted by molar-refractivity contribution is 5.93. The number of rotatable bonds is 4. The highest BCUT2D eigenvalue weighted by Gasteiger charge is 2.13. The molecule has 1 saturated carbocycles. The Morgan fingerprint density at radius 2 is 2.15 bits per heavy atom. The van der Waals surface area contributed by atoms with Crippen molar-refractivity contribution in [2.75, 3.05) is 11.9 Å². The third kappa shape index (κ3) is 4.42. The zero-order valence-electron chi connectivity index (χ0n) is 12.1. The molecular weight excluding hydrogens is 252 g/mol. The molecule has 0 unspecified atom stereocenters. The largest absolute Gasteiger partial charge is 0.494 e. The number of nitrogens with zero attached hydrogens (tertiary/aromatic N) is 1. The Morgan fingerprint density at radius 1 is 1.35 bits per heavy atom. The Kier molecular flexibility index (Phi) is 5.68. The molecule has 1 aliphatic rings. The Labute approximate surface area is 120 Å². The summed E-state index contributed by atoms with van der Waals surface area (Å²) in [5.74, 6) is 7.02. The van der Waals surface area contributed by atoms with Crippen molar-refractivity contribution in [2.24, 2.45) is 10.8 Å². The van der Waals surface area contributed by atoms with Crippen LogP contribution in [0.4, 0.5) is 5.69 Å². The number of hydrogen-bond acceptors (Lipinski definition) is 3. The van der Waals surface area contributed by atoms with Gasteiger partial charge in [0.25, 0.3) is 0 Å². The molecule has 0 spiro atoms. The zero-order chi connectivity index (χ0) is 14.2. The van der Waals surface area contributed by atoms with Gasteiger partial charge in [0.2, 0.25) is 5.96 Å². The van der Waals surface area contributed by atoms with E-state index in [4.69, 9.17) is 10.6 Å². The molecule has 1 aromatic rings. The van der Waals surface area contributed by atoms with Crippen LogP contribution in [0.15, 0.2) is 29.3 Å². The number of hydrazine groups is 1. The lowest BCUT2D eigenvalue weighted by Gasteiger charge is -2.19. The minimum Gasteiger partial charge on any atom is -0.494 e. The average molecular weight is 276 g/mol. The minimum atomic E-state index is 0.373. The second-order valence-electron chi connectivity index (χ2n) is 5.00. The molecule has 1 aromatic carbocycles. The van der Waals surface area contributed by atoms with Crippen LogP contribution in [0.3, 0.4) is 0 Å². The molecule has 2 rings (SSSR count). The van der Waals surface area contributed by atoms with E-state index < -0.39 is 0 Å². The van der Waals surface area contributed by atoms with E-state index in [1.165, 1.54) is 19.3 Å². The molecule has 20 heavy (non-hydrogen) atoms. The van der Waals surface area contributed by atoms with Crippen LogP contribution in [-0.4, -0.2) is 18.6 Å². The fourth-order valence-electron chi connectivity index (χ4n) is 2.47. The molecule has 0 heterocycles. The summed E-state index contributed by atoms with van der Waals surface area (Å²) in [7, 11) is 0. The van der Waals surface area contributed by atoms with Crippen molar-refractivity contribution >= 4 is 11.6 Å². The number of nitrogens with two attached hydrogens (primary N) is 1. The fraction of sp³-hybridized carbons (Fsp3) is 0.533. The lowest BCUT2D eigenvalue weighted by atomic mass is 9.96. The SMILES string of the molecule is CCOc1cccc(NC(=NC2CCCCC2)NN)c1. The summed E-state index contributed by atoms with van der Waals surface area (Å²) < 4.78 is 5.48. The van der Waals surface area contributed by atoms with Gasteiger partial charge in [-0.15, -0.1) is 0 Å². The van der Waals surface area contributed by atoms with E-state index >= 15 is 0 Å². The Balaban J connectivity index is 2.01. The summed E-state index contributed by atoms with van der Waals surface area (Å²) >= 11 is 0. The monoisotopic (exact) mass is 276 g/mol. The molecule has 0 aliphatic heterocycles. The topological polar surface area (TPSA) is 71.7 Å². The van der Waals surface area contributed by atoms with E-state index in [0.717, 1.165) is 24.3 Å². The molecule has 1 fully saturated rings. The summed E-state index contributed by atoms with van der Waals surface area (Å²) in [6.45, 7) is 2.62. The average Bonchev–Trinajstić information content (AvgIpc) is 2.48. The smallest absolute Gasteiger partial charge is 0.210 e. The van der Waals surface area contributed by atoms with Crippen molar-refractivity contribution in [3.05, 3.63) is 24.3 Å². The molecule has 5 nitrogen and oxygen atoms in total. The first-order chi connectivity index (χ1) is 9.81. The third-order valence-electron chi connectivity index (χ3n) is 3.43. The maximum absolute atomic E-state index is 5.56. The number of hydrogen-bond donors (Lipinski definition) is 3. The number of anilines is 1. The number of guanidine groups is 1. The molecule has 0 radical (unpaired) electrons. The Hall–Kier alpha value is -1.75. The van der Waals surface area contributed by atoms with Crippen molar-refractivity contribution in [1.29, 1.82) is 0 Å². The van der Waals surface area contributed by atoms with E-state index in [1.54, 1.807) is 0 Å². The van der Waals surface area contributed by atoms with Gasteiger partial charge in [-0.05, 0) is 31.9 Å². The van der Waals surface area contributed by atoms with Gasteiger partial charge in [-0.2, -0.15) is 0 Å². The number of nitrogens with one attached hydrogen (secondary N) is 2. The van der Waals surface area contributed by atoms with Crippen LogP contribution in [0.1, 0.15) is 39.0 Å². The van der Waals surface area contributed by atoms with Crippen molar-refractivity contribution < 1.29 is 4.74 Å². The van der Waals surface area contributed by atoms with E-state index in [-0.39, 0.29) is 0 Å². The van der Waals surface area contributed by atoms with Gasteiger partial charge in [-0.25, -0.2) is 10.8 Å². The molecule has 0 bridgehead atoms. The summed E-state index contributed by atoms with van der Waals surface area (Å²) in [5.41, 5.74) is 3.57. The fourth-order valence-corrected chi connectivity index (χ4v) is 2.47. The molecular formula is C15H24N4O. The first-order valence-corrected chi connectivity index (χ1v) is 7.36. The number of aliphatic imine (C=N–C) groups is 1. The summed E-state index contributed by atoms with van der Waals surface area (Å²) in [5, 5.41) is 3.21. The van der Waals surface area contributed by atoms with Crippen LogP contribution in [0.5, 0.6) is 5.75 Å². The third-order valence-corrected chi connectivity index (χ3v) is 3.43. The molecule has 0 atom stereocenters. The summed E-state index contributed by atoms with van der Waals surface area (Å²) in [4.78, 5) is 4.65. The molecule has 0 aromatic heterocycles. The highest BCUT2D eigenvalue weighted by atomic mass is 16.5. The van der Waals surface area contributed by atoms with Crippen molar-refractivity contribution in [1.82, 2.24) is 5.43 Å². The molecule has 5 heteroatoms. The molecule has 110 valence electrons. The van der Waals surface area contributed by atoms with Crippen molar-refractivity contribution in [3.8, 4) is 5.75 Å². The van der Waals surface area contributed by atoms with Gasteiger partial charge in [0.15, 0.2) is 0 Å². The van der Waals surface area contributed by atoms with E-state index in [0.29, 0.717) is 18.6 Å². The normalized spacial score (nSPS) is 16.8.